The Balaban J connectivity index is 1.73. The molecule has 0 spiro atoms. The van der Waals surface area contributed by atoms with Gasteiger partial charge in [-0.3, -0.25) is 9.79 Å². The quantitative estimate of drug-likeness (QED) is 0.638. The highest BCUT2D eigenvalue weighted by Gasteiger charge is 2.20. The van der Waals surface area contributed by atoms with E-state index in [1.807, 2.05) is 24.3 Å². The number of hydrogen-bond donors (Lipinski definition) is 0. The predicted octanol–water partition coefficient (Wildman–Crippen LogP) is 5.25. The third-order valence-corrected chi connectivity index (χ3v) is 5.71. The lowest BCUT2D eigenvalue weighted by Crippen LogP contribution is -2.34. The number of benzene rings is 2. The first-order valence-electron chi connectivity index (χ1n) is 8.35. The van der Waals surface area contributed by atoms with Crippen molar-refractivity contribution in [1.82, 2.24) is 0 Å². The van der Waals surface area contributed by atoms with Gasteiger partial charge in [-0.15, -0.1) is 0 Å². The van der Waals surface area contributed by atoms with Gasteiger partial charge in [-0.25, -0.2) is 0 Å². The number of aliphatic imine (C=N–C) groups is 1. The van der Waals surface area contributed by atoms with Gasteiger partial charge in [0.2, 0.25) is 0 Å². The van der Waals surface area contributed by atoms with E-state index in [9.17, 15) is 4.79 Å². The molecule has 25 heavy (non-hydrogen) atoms. The lowest BCUT2D eigenvalue weighted by Gasteiger charge is -2.30. The van der Waals surface area contributed by atoms with Crippen LogP contribution in [0.3, 0.4) is 0 Å². The summed E-state index contributed by atoms with van der Waals surface area (Å²) in [5.41, 5.74) is 4.41. The van der Waals surface area contributed by atoms with Crippen LogP contribution in [0.4, 0.5) is 5.69 Å². The van der Waals surface area contributed by atoms with Crippen LogP contribution in [0.2, 0.25) is 0 Å². The maximum Gasteiger partial charge on any atom is 0.173 e. The molecule has 0 aliphatic carbocycles. The monoisotopic (exact) mass is 416 g/mol. The molecule has 3 nitrogen and oxygen atoms in total. The summed E-state index contributed by atoms with van der Waals surface area (Å²) in [6, 6.07) is 14.0. The molecule has 0 N–H and O–H groups in total. The van der Waals surface area contributed by atoms with Crippen LogP contribution in [0.1, 0.15) is 27.9 Å². The molecule has 0 radical (unpaired) electrons. The number of thioether (sulfide) groups is 1. The first-order chi connectivity index (χ1) is 12.0. The summed E-state index contributed by atoms with van der Waals surface area (Å²) in [5, 5.41) is 0.949. The molecular formula is C20H21BrN2OS. The Morgan fingerprint density at radius 3 is 2.72 bits per heavy atom. The van der Waals surface area contributed by atoms with Crippen molar-refractivity contribution >= 4 is 44.3 Å². The minimum Gasteiger partial charge on any atom is -0.321 e. The normalized spacial score (nSPS) is 14.4. The second-order valence-electron chi connectivity index (χ2n) is 6.18. The summed E-state index contributed by atoms with van der Waals surface area (Å²) in [6.45, 7) is 6.01. The van der Waals surface area contributed by atoms with E-state index in [2.05, 4.69) is 57.9 Å². The summed E-state index contributed by atoms with van der Waals surface area (Å²) < 4.78 is 0.981. The molecule has 0 unspecified atom stereocenters. The standard InChI is InChI=1S/C20H21BrN2OS/c1-14-4-5-15(2)18(12-14)23-11-3-10-22-20(23)25-13-19(24)16-6-8-17(21)9-7-16/h4-9,12H,3,10-11,13H2,1-2H3. The lowest BCUT2D eigenvalue weighted by molar-refractivity contribution is 0.102. The molecule has 1 aliphatic rings. The van der Waals surface area contributed by atoms with Crippen molar-refractivity contribution in [3.05, 3.63) is 63.6 Å². The Bertz CT molecular complexity index is 802. The highest BCUT2D eigenvalue weighted by molar-refractivity contribution is 9.10. The molecule has 1 aliphatic heterocycles. The first-order valence-corrected chi connectivity index (χ1v) is 10.1. The number of rotatable bonds is 4. The Kier molecular flexibility index (Phi) is 5.97. The van der Waals surface area contributed by atoms with E-state index < -0.39 is 0 Å². The number of hydrogen-bond acceptors (Lipinski definition) is 4. The van der Waals surface area contributed by atoms with Crippen molar-refractivity contribution < 1.29 is 4.79 Å². The molecule has 2 aromatic carbocycles. The molecule has 0 fully saturated rings. The molecule has 1 heterocycles. The van der Waals surface area contributed by atoms with Crippen LogP contribution in [0.25, 0.3) is 0 Å². The van der Waals surface area contributed by atoms with E-state index in [1.165, 1.54) is 28.6 Å². The predicted molar refractivity (Wildman–Crippen MR) is 111 cm³/mol. The van der Waals surface area contributed by atoms with Crippen molar-refractivity contribution in [1.29, 1.82) is 0 Å². The maximum absolute atomic E-state index is 12.5. The van der Waals surface area contributed by atoms with Gasteiger partial charge in [-0.2, -0.15) is 0 Å². The summed E-state index contributed by atoms with van der Waals surface area (Å²) in [4.78, 5) is 19.4. The minimum atomic E-state index is 0.131. The number of aryl methyl sites for hydroxylation is 2. The Labute approximate surface area is 161 Å². The molecule has 5 heteroatoms. The van der Waals surface area contributed by atoms with Crippen LogP contribution in [-0.4, -0.2) is 29.8 Å². The fourth-order valence-electron chi connectivity index (χ4n) is 2.79. The summed E-state index contributed by atoms with van der Waals surface area (Å²) in [6.07, 6.45) is 1.04. The van der Waals surface area contributed by atoms with Gasteiger partial charge in [0.1, 0.15) is 0 Å². The molecule has 130 valence electrons. The van der Waals surface area contributed by atoms with Crippen molar-refractivity contribution in [2.75, 3.05) is 23.7 Å². The van der Waals surface area contributed by atoms with Crippen molar-refractivity contribution in [3.63, 3.8) is 0 Å². The van der Waals surface area contributed by atoms with Gasteiger partial charge < -0.3 is 4.90 Å². The number of Topliss-reactive ketones (excluding diaryl/α,β-unsaturated/α-hetero) is 1. The van der Waals surface area contributed by atoms with Crippen molar-refractivity contribution in [2.45, 2.75) is 20.3 Å². The summed E-state index contributed by atoms with van der Waals surface area (Å²) in [7, 11) is 0. The van der Waals surface area contributed by atoms with Crippen LogP contribution in [-0.2, 0) is 0 Å². The molecule has 2 aromatic rings. The molecule has 0 atom stereocenters. The van der Waals surface area contributed by atoms with Gasteiger partial charge in [-0.1, -0.05) is 52.0 Å². The zero-order valence-electron chi connectivity index (χ0n) is 14.5. The Morgan fingerprint density at radius 1 is 1.20 bits per heavy atom. The van der Waals surface area contributed by atoms with E-state index >= 15 is 0 Å². The average Bonchev–Trinajstić information content (AvgIpc) is 2.62. The van der Waals surface area contributed by atoms with Gasteiger partial charge in [0.15, 0.2) is 11.0 Å². The fourth-order valence-corrected chi connectivity index (χ4v) is 4.01. The van der Waals surface area contributed by atoms with Crippen LogP contribution in [0, 0.1) is 13.8 Å². The molecule has 0 aromatic heterocycles. The lowest BCUT2D eigenvalue weighted by atomic mass is 10.1. The van der Waals surface area contributed by atoms with E-state index in [0.29, 0.717) is 5.75 Å². The van der Waals surface area contributed by atoms with Gasteiger partial charge in [0.05, 0.1) is 5.75 Å². The second-order valence-corrected chi connectivity index (χ2v) is 8.04. The van der Waals surface area contributed by atoms with Crippen molar-refractivity contribution in [3.8, 4) is 0 Å². The Morgan fingerprint density at radius 2 is 1.96 bits per heavy atom. The van der Waals surface area contributed by atoms with Crippen LogP contribution in [0.5, 0.6) is 0 Å². The Hall–Kier alpha value is -1.59. The molecular weight excluding hydrogens is 396 g/mol. The van der Waals surface area contributed by atoms with E-state index in [0.717, 1.165) is 34.7 Å². The highest BCUT2D eigenvalue weighted by Crippen LogP contribution is 2.27. The number of nitrogens with zero attached hydrogens (tertiary/aromatic N) is 2. The topological polar surface area (TPSA) is 32.7 Å². The summed E-state index contributed by atoms with van der Waals surface area (Å²) >= 11 is 4.94. The summed E-state index contributed by atoms with van der Waals surface area (Å²) in [5.74, 6) is 0.536. The number of halogens is 1. The zero-order valence-corrected chi connectivity index (χ0v) is 16.9. The van der Waals surface area contributed by atoms with Crippen LogP contribution >= 0.6 is 27.7 Å². The van der Waals surface area contributed by atoms with E-state index in [4.69, 9.17) is 0 Å². The molecule has 0 amide bonds. The largest absolute Gasteiger partial charge is 0.321 e. The maximum atomic E-state index is 12.5. The van der Waals surface area contributed by atoms with Gasteiger partial charge in [-0.05, 0) is 49.6 Å². The van der Waals surface area contributed by atoms with E-state index in [1.54, 1.807) is 0 Å². The molecule has 0 saturated heterocycles. The number of carbonyl (C=O) groups excluding carboxylic acids is 1. The zero-order chi connectivity index (χ0) is 17.8. The van der Waals surface area contributed by atoms with Gasteiger partial charge >= 0.3 is 0 Å². The first kappa shape index (κ1) is 18.2. The van der Waals surface area contributed by atoms with Crippen LogP contribution < -0.4 is 4.90 Å². The van der Waals surface area contributed by atoms with Crippen LogP contribution in [0.15, 0.2) is 51.9 Å². The fraction of sp³-hybridized carbons (Fsp3) is 0.300. The van der Waals surface area contributed by atoms with Crippen molar-refractivity contribution in [2.24, 2.45) is 4.99 Å². The smallest absolute Gasteiger partial charge is 0.173 e. The number of ketones is 1. The third kappa shape index (κ3) is 4.53. The van der Waals surface area contributed by atoms with E-state index in [-0.39, 0.29) is 5.78 Å². The molecule has 0 bridgehead atoms. The number of carbonyl (C=O) groups is 1. The minimum absolute atomic E-state index is 0.131. The van der Waals surface area contributed by atoms with Gasteiger partial charge in [0.25, 0.3) is 0 Å². The third-order valence-electron chi connectivity index (χ3n) is 4.17. The highest BCUT2D eigenvalue weighted by atomic mass is 79.9. The second kappa shape index (κ2) is 8.19. The van der Waals surface area contributed by atoms with Gasteiger partial charge in [0, 0.05) is 28.8 Å². The number of anilines is 1. The number of amidine groups is 1. The molecule has 0 saturated carbocycles. The SMILES string of the molecule is Cc1ccc(C)c(N2CCCN=C2SCC(=O)c2ccc(Br)cc2)c1. The molecule has 3 rings (SSSR count). The average molecular weight is 417 g/mol.